The number of aliphatic hydroxyl groups is 1. The van der Waals surface area contributed by atoms with Crippen LogP contribution in [0.3, 0.4) is 0 Å². The zero-order valence-corrected chi connectivity index (χ0v) is 13.4. The van der Waals surface area contributed by atoms with Crippen LogP contribution in [0, 0.1) is 5.41 Å². The summed E-state index contributed by atoms with van der Waals surface area (Å²) in [6.07, 6.45) is 5.76. The Morgan fingerprint density at radius 3 is 3.00 bits per heavy atom. The highest BCUT2D eigenvalue weighted by atomic mass is 16.5. The maximum Gasteiger partial charge on any atom is 0.131 e. The summed E-state index contributed by atoms with van der Waals surface area (Å²) in [5, 5.41) is 11.4. The van der Waals surface area contributed by atoms with Crippen LogP contribution in [-0.2, 0) is 4.74 Å². The van der Waals surface area contributed by atoms with Gasteiger partial charge in [0.05, 0.1) is 5.54 Å². The number of fused-ring (bicyclic) bond motifs is 4. The number of aliphatic hydroxyl groups excluding tert-OH is 1. The van der Waals surface area contributed by atoms with Gasteiger partial charge in [-0.05, 0) is 50.1 Å². The maximum atomic E-state index is 11.4. The summed E-state index contributed by atoms with van der Waals surface area (Å²) >= 11 is 0. The van der Waals surface area contributed by atoms with Crippen LogP contribution in [0.5, 0.6) is 0 Å². The second kappa shape index (κ2) is 4.11. The Hall–Kier alpha value is -1.10. The fourth-order valence-corrected chi connectivity index (χ4v) is 6.91. The van der Waals surface area contributed by atoms with E-state index in [0.717, 1.165) is 31.6 Å². The van der Waals surface area contributed by atoms with Crippen LogP contribution < -0.4 is 4.90 Å². The van der Waals surface area contributed by atoms with Crippen LogP contribution >= 0.6 is 0 Å². The van der Waals surface area contributed by atoms with Crippen LogP contribution in [0.15, 0.2) is 24.3 Å². The molecule has 5 aliphatic rings. The highest BCUT2D eigenvalue weighted by Gasteiger charge is 2.71. The highest BCUT2D eigenvalue weighted by Crippen LogP contribution is 2.65. The lowest BCUT2D eigenvalue weighted by Crippen LogP contribution is -2.74. The minimum atomic E-state index is -0.379. The molecule has 1 aromatic rings. The van der Waals surface area contributed by atoms with Crippen molar-refractivity contribution in [2.75, 3.05) is 24.6 Å². The standard InChI is InChI=1S/C19H24N2O2/c22-16-13-4-1-2-5-14(13)21-15-12-18(8-11-23-15)6-3-9-20-10-7-19(16,21)17(18)20/h1-2,4-5,15-17,22H,3,6-12H2/t15-,16-,17-,18+,19+/m1/s1. The Labute approximate surface area is 137 Å². The summed E-state index contributed by atoms with van der Waals surface area (Å²) in [5.74, 6) is 0. The normalized spacial score (nSPS) is 47.2. The number of ether oxygens (including phenoxy) is 1. The van der Waals surface area contributed by atoms with E-state index in [2.05, 4.69) is 34.1 Å². The summed E-state index contributed by atoms with van der Waals surface area (Å²) < 4.78 is 6.25. The molecule has 1 N–H and O–H groups in total. The highest BCUT2D eigenvalue weighted by molar-refractivity contribution is 5.66. The molecule has 1 aromatic carbocycles. The van der Waals surface area contributed by atoms with Gasteiger partial charge in [0.15, 0.2) is 0 Å². The van der Waals surface area contributed by atoms with Gasteiger partial charge in [0.2, 0.25) is 0 Å². The van der Waals surface area contributed by atoms with Gasteiger partial charge in [-0.2, -0.15) is 0 Å². The number of piperidine rings is 2. The summed E-state index contributed by atoms with van der Waals surface area (Å²) in [4.78, 5) is 5.20. The second-order valence-corrected chi connectivity index (χ2v) is 8.26. The van der Waals surface area contributed by atoms with Crippen molar-refractivity contribution >= 4 is 5.69 Å². The van der Waals surface area contributed by atoms with Crippen LogP contribution in [0.2, 0.25) is 0 Å². The quantitative estimate of drug-likeness (QED) is 0.797. The lowest BCUT2D eigenvalue weighted by atomic mass is 9.58. The maximum absolute atomic E-state index is 11.4. The molecule has 0 amide bonds. The third kappa shape index (κ3) is 1.33. The summed E-state index contributed by atoms with van der Waals surface area (Å²) in [5.41, 5.74) is 2.53. The molecular formula is C19H24N2O2. The predicted octanol–water partition coefficient (Wildman–Crippen LogP) is 2.28. The van der Waals surface area contributed by atoms with Gasteiger partial charge in [0.25, 0.3) is 0 Å². The van der Waals surface area contributed by atoms with Crippen molar-refractivity contribution in [3.8, 4) is 0 Å². The Bertz CT molecular complexity index is 675. The molecule has 0 aromatic heterocycles. The molecule has 5 atom stereocenters. The molecule has 0 saturated carbocycles. The average Bonchev–Trinajstić information content (AvgIpc) is 3.08. The zero-order chi connectivity index (χ0) is 15.2. The smallest absolute Gasteiger partial charge is 0.131 e. The zero-order valence-electron chi connectivity index (χ0n) is 13.4. The van der Waals surface area contributed by atoms with E-state index in [0.29, 0.717) is 11.5 Å². The summed E-state index contributed by atoms with van der Waals surface area (Å²) in [6.45, 7) is 3.21. The monoisotopic (exact) mass is 312 g/mol. The molecule has 2 bridgehead atoms. The molecule has 2 spiro atoms. The minimum Gasteiger partial charge on any atom is -0.386 e. The van der Waals surface area contributed by atoms with Crippen molar-refractivity contribution in [2.45, 2.75) is 56.0 Å². The Morgan fingerprint density at radius 1 is 1.13 bits per heavy atom. The Balaban J connectivity index is 1.61. The van der Waals surface area contributed by atoms with Crippen LogP contribution in [-0.4, -0.2) is 47.5 Å². The Morgan fingerprint density at radius 2 is 2.04 bits per heavy atom. The average molecular weight is 312 g/mol. The molecule has 4 nitrogen and oxygen atoms in total. The third-order valence-corrected chi connectivity index (χ3v) is 7.53. The van der Waals surface area contributed by atoms with Gasteiger partial charge < -0.3 is 14.7 Å². The molecule has 23 heavy (non-hydrogen) atoms. The lowest BCUT2D eigenvalue weighted by molar-refractivity contribution is -0.158. The van der Waals surface area contributed by atoms with Crippen molar-refractivity contribution in [3.63, 3.8) is 0 Å². The van der Waals surface area contributed by atoms with Crippen molar-refractivity contribution in [3.05, 3.63) is 29.8 Å². The molecule has 4 fully saturated rings. The molecule has 122 valence electrons. The van der Waals surface area contributed by atoms with Crippen LogP contribution in [0.1, 0.15) is 43.8 Å². The first-order chi connectivity index (χ1) is 11.3. The molecule has 0 unspecified atom stereocenters. The fraction of sp³-hybridized carbons (Fsp3) is 0.684. The van der Waals surface area contributed by atoms with Crippen molar-refractivity contribution in [2.24, 2.45) is 5.41 Å². The number of benzene rings is 1. The molecular weight excluding hydrogens is 288 g/mol. The number of hydrogen-bond donors (Lipinski definition) is 1. The van der Waals surface area contributed by atoms with Crippen molar-refractivity contribution in [1.29, 1.82) is 0 Å². The van der Waals surface area contributed by atoms with Gasteiger partial charge in [-0.25, -0.2) is 0 Å². The van der Waals surface area contributed by atoms with E-state index in [1.54, 1.807) is 0 Å². The van der Waals surface area contributed by atoms with E-state index >= 15 is 0 Å². The number of hydrogen-bond acceptors (Lipinski definition) is 4. The topological polar surface area (TPSA) is 35.9 Å². The predicted molar refractivity (Wildman–Crippen MR) is 87.2 cm³/mol. The van der Waals surface area contributed by atoms with Gasteiger partial charge in [0, 0.05) is 30.4 Å². The molecule has 0 radical (unpaired) electrons. The van der Waals surface area contributed by atoms with E-state index in [1.807, 2.05) is 0 Å². The number of anilines is 1. The first kappa shape index (κ1) is 13.2. The number of para-hydroxylation sites is 1. The lowest BCUT2D eigenvalue weighted by Gasteiger charge is -2.64. The molecule has 4 saturated heterocycles. The van der Waals surface area contributed by atoms with Crippen LogP contribution in [0.4, 0.5) is 5.69 Å². The second-order valence-electron chi connectivity index (χ2n) is 8.26. The molecule has 6 rings (SSSR count). The molecule has 0 aliphatic carbocycles. The first-order valence-corrected chi connectivity index (χ1v) is 9.18. The van der Waals surface area contributed by atoms with Crippen LogP contribution in [0.25, 0.3) is 0 Å². The van der Waals surface area contributed by atoms with Gasteiger partial charge >= 0.3 is 0 Å². The SMILES string of the molecule is O[C@@H]1c2ccccc2N2[C@H]3C[C@]4(CCCN5CC[C@@]12[C@H]54)CCO3. The number of rotatable bonds is 0. The van der Waals surface area contributed by atoms with Gasteiger partial charge in [-0.3, -0.25) is 4.90 Å². The van der Waals surface area contributed by atoms with E-state index in [1.165, 1.54) is 31.5 Å². The third-order valence-electron chi connectivity index (χ3n) is 7.53. The minimum absolute atomic E-state index is 0.149. The van der Waals surface area contributed by atoms with E-state index in [-0.39, 0.29) is 17.9 Å². The Kier molecular flexibility index (Phi) is 2.36. The van der Waals surface area contributed by atoms with E-state index in [4.69, 9.17) is 4.74 Å². The molecule has 5 heterocycles. The largest absolute Gasteiger partial charge is 0.386 e. The molecule has 4 heteroatoms. The van der Waals surface area contributed by atoms with Gasteiger partial charge in [-0.1, -0.05) is 18.2 Å². The van der Waals surface area contributed by atoms with Gasteiger partial charge in [-0.15, -0.1) is 0 Å². The first-order valence-electron chi connectivity index (χ1n) is 9.18. The summed E-state index contributed by atoms with van der Waals surface area (Å²) in [6, 6.07) is 8.96. The van der Waals surface area contributed by atoms with E-state index < -0.39 is 0 Å². The van der Waals surface area contributed by atoms with Crippen molar-refractivity contribution < 1.29 is 9.84 Å². The number of nitrogens with zero attached hydrogens (tertiary/aromatic N) is 2. The van der Waals surface area contributed by atoms with Gasteiger partial charge in [0.1, 0.15) is 12.3 Å². The summed E-state index contributed by atoms with van der Waals surface area (Å²) in [7, 11) is 0. The molecule has 5 aliphatic heterocycles. The van der Waals surface area contributed by atoms with Crippen molar-refractivity contribution in [1.82, 2.24) is 4.90 Å². The fourth-order valence-electron chi connectivity index (χ4n) is 6.91. The van der Waals surface area contributed by atoms with E-state index in [9.17, 15) is 5.11 Å².